The highest BCUT2D eigenvalue weighted by Gasteiger charge is 2.09. The molecule has 0 saturated carbocycles. The number of aromatic nitrogens is 2. The van der Waals surface area contributed by atoms with Gasteiger partial charge in [0, 0.05) is 23.7 Å². The van der Waals surface area contributed by atoms with Gasteiger partial charge in [-0.1, -0.05) is 35.0 Å². The van der Waals surface area contributed by atoms with Crippen LogP contribution < -0.4 is 10.1 Å². The van der Waals surface area contributed by atoms with Crippen LogP contribution in [0.3, 0.4) is 0 Å². The maximum atomic E-state index is 6.07. The van der Waals surface area contributed by atoms with Gasteiger partial charge in [-0.15, -0.1) is 0 Å². The molecular formula is C13H13Cl2N3OS. The van der Waals surface area contributed by atoms with Gasteiger partial charge < -0.3 is 10.1 Å². The quantitative estimate of drug-likeness (QED) is 0.634. The van der Waals surface area contributed by atoms with E-state index in [-0.39, 0.29) is 0 Å². The van der Waals surface area contributed by atoms with E-state index in [0.717, 1.165) is 6.54 Å². The van der Waals surface area contributed by atoms with Gasteiger partial charge in [-0.05, 0) is 25.3 Å². The molecule has 1 N–H and O–H groups in total. The topological polar surface area (TPSA) is 47.0 Å². The summed E-state index contributed by atoms with van der Waals surface area (Å²) in [5, 5.41) is 4.78. The van der Waals surface area contributed by atoms with Crippen molar-refractivity contribution in [3.8, 4) is 11.6 Å². The predicted octanol–water partition coefficient (Wildman–Crippen LogP) is 4.73. The molecule has 2 aromatic rings. The molecule has 1 heterocycles. The Morgan fingerprint density at radius 1 is 1.25 bits per heavy atom. The van der Waals surface area contributed by atoms with Crippen LogP contribution in [0, 0.1) is 0 Å². The Hall–Kier alpha value is -1.17. The summed E-state index contributed by atoms with van der Waals surface area (Å²) < 4.78 is 5.70. The smallest absolute Gasteiger partial charge is 0.225 e. The lowest BCUT2D eigenvalue weighted by Gasteiger charge is -2.10. The molecule has 1 aromatic heterocycles. The number of hydrogen-bond acceptors (Lipinski definition) is 5. The number of thioether (sulfide) groups is 1. The Morgan fingerprint density at radius 3 is 2.75 bits per heavy atom. The molecule has 0 spiro atoms. The van der Waals surface area contributed by atoms with Crippen LogP contribution in [0.1, 0.15) is 6.92 Å². The minimum atomic E-state index is 0.421. The second-order valence-electron chi connectivity index (χ2n) is 3.79. The fraction of sp³-hybridized carbons (Fsp3) is 0.231. The van der Waals surface area contributed by atoms with Gasteiger partial charge in [0.1, 0.15) is 11.6 Å². The first-order valence-corrected chi connectivity index (χ1v) is 7.90. The van der Waals surface area contributed by atoms with Crippen LogP contribution in [0.4, 0.5) is 5.82 Å². The molecule has 0 atom stereocenters. The molecule has 0 aliphatic heterocycles. The summed E-state index contributed by atoms with van der Waals surface area (Å²) in [5.41, 5.74) is 0. The van der Waals surface area contributed by atoms with Crippen LogP contribution in [0.5, 0.6) is 11.6 Å². The minimum Gasteiger partial charge on any atom is -0.437 e. The van der Waals surface area contributed by atoms with Crippen molar-refractivity contribution in [3.05, 3.63) is 34.3 Å². The Balaban J connectivity index is 2.32. The van der Waals surface area contributed by atoms with Crippen molar-refractivity contribution < 1.29 is 4.74 Å². The number of nitrogens with zero attached hydrogens (tertiary/aromatic N) is 2. The minimum absolute atomic E-state index is 0.421. The third-order valence-corrected chi connectivity index (χ3v) is 3.43. The molecule has 0 bridgehead atoms. The molecule has 4 nitrogen and oxygen atoms in total. The van der Waals surface area contributed by atoms with E-state index >= 15 is 0 Å². The third kappa shape index (κ3) is 3.91. The second-order valence-corrected chi connectivity index (χ2v) is 5.40. The van der Waals surface area contributed by atoms with Gasteiger partial charge in [-0.25, -0.2) is 4.98 Å². The standard InChI is InChI=1S/C13H13Cl2N3OS/c1-3-16-11-7-12(18-13(17-11)20-2)19-10-6-8(14)4-5-9(10)15/h4-7H,3H2,1-2H3,(H,16,17,18). The van der Waals surface area contributed by atoms with Crippen LogP contribution in [0.15, 0.2) is 29.4 Å². The van der Waals surface area contributed by atoms with E-state index in [1.54, 1.807) is 24.3 Å². The third-order valence-electron chi connectivity index (χ3n) is 2.33. The molecule has 0 unspecified atom stereocenters. The molecule has 0 saturated heterocycles. The van der Waals surface area contributed by atoms with Gasteiger partial charge in [0.05, 0.1) is 5.02 Å². The number of hydrogen-bond donors (Lipinski definition) is 1. The van der Waals surface area contributed by atoms with Crippen LogP contribution in [0.2, 0.25) is 10.0 Å². The number of benzene rings is 1. The van der Waals surface area contributed by atoms with Crippen molar-refractivity contribution >= 4 is 40.8 Å². The molecule has 0 aliphatic rings. The van der Waals surface area contributed by atoms with Crippen molar-refractivity contribution in [2.45, 2.75) is 12.1 Å². The Labute approximate surface area is 131 Å². The highest BCUT2D eigenvalue weighted by Crippen LogP contribution is 2.32. The molecule has 1 aromatic carbocycles. The summed E-state index contributed by atoms with van der Waals surface area (Å²) in [6, 6.07) is 6.76. The van der Waals surface area contributed by atoms with Gasteiger partial charge in [-0.2, -0.15) is 4.98 Å². The van der Waals surface area contributed by atoms with Gasteiger partial charge in [-0.3, -0.25) is 0 Å². The summed E-state index contributed by atoms with van der Waals surface area (Å²) in [5.74, 6) is 1.59. The van der Waals surface area contributed by atoms with Crippen molar-refractivity contribution in [3.63, 3.8) is 0 Å². The number of nitrogens with one attached hydrogen (secondary N) is 1. The van der Waals surface area contributed by atoms with Gasteiger partial charge >= 0.3 is 0 Å². The largest absolute Gasteiger partial charge is 0.437 e. The molecule has 0 fully saturated rings. The number of rotatable bonds is 5. The summed E-state index contributed by atoms with van der Waals surface area (Å²) in [4.78, 5) is 8.61. The van der Waals surface area contributed by atoms with Crippen LogP contribution in [0.25, 0.3) is 0 Å². The van der Waals surface area contributed by atoms with Gasteiger partial charge in [0.2, 0.25) is 5.88 Å². The van der Waals surface area contributed by atoms with Crippen LogP contribution in [-0.2, 0) is 0 Å². The summed E-state index contributed by atoms with van der Waals surface area (Å²) in [6.45, 7) is 2.76. The maximum Gasteiger partial charge on any atom is 0.225 e. The zero-order valence-electron chi connectivity index (χ0n) is 11.0. The fourth-order valence-corrected chi connectivity index (χ4v) is 2.18. The Kier molecular flexibility index (Phi) is 5.34. The molecular weight excluding hydrogens is 317 g/mol. The molecule has 106 valence electrons. The van der Waals surface area contributed by atoms with Crippen LogP contribution >= 0.6 is 35.0 Å². The molecule has 0 amide bonds. The summed E-state index contributed by atoms with van der Waals surface area (Å²) >= 11 is 13.4. The molecule has 20 heavy (non-hydrogen) atoms. The highest BCUT2D eigenvalue weighted by atomic mass is 35.5. The fourth-order valence-electron chi connectivity index (χ4n) is 1.49. The van der Waals surface area contributed by atoms with E-state index in [2.05, 4.69) is 15.3 Å². The zero-order chi connectivity index (χ0) is 14.5. The van der Waals surface area contributed by atoms with Gasteiger partial charge in [0.25, 0.3) is 0 Å². The lowest BCUT2D eigenvalue weighted by Crippen LogP contribution is -2.02. The van der Waals surface area contributed by atoms with E-state index in [1.165, 1.54) is 11.8 Å². The van der Waals surface area contributed by atoms with E-state index < -0.39 is 0 Å². The molecule has 7 heteroatoms. The van der Waals surface area contributed by atoms with Gasteiger partial charge in [0.15, 0.2) is 5.16 Å². The molecule has 2 rings (SSSR count). The Morgan fingerprint density at radius 2 is 2.05 bits per heavy atom. The van der Waals surface area contributed by atoms with E-state index in [1.807, 2.05) is 13.2 Å². The first kappa shape index (κ1) is 15.2. The lowest BCUT2D eigenvalue weighted by atomic mass is 10.3. The average molecular weight is 330 g/mol. The Bertz CT molecular complexity index is 610. The molecule has 0 aliphatic carbocycles. The normalized spacial score (nSPS) is 10.4. The monoisotopic (exact) mass is 329 g/mol. The SMILES string of the molecule is CCNc1cc(Oc2cc(Cl)ccc2Cl)nc(SC)n1. The van der Waals surface area contributed by atoms with E-state index in [4.69, 9.17) is 27.9 Å². The van der Waals surface area contributed by atoms with Crippen molar-refractivity contribution in [1.82, 2.24) is 9.97 Å². The summed E-state index contributed by atoms with van der Waals surface area (Å²) in [7, 11) is 0. The van der Waals surface area contributed by atoms with Crippen molar-refractivity contribution in [1.29, 1.82) is 0 Å². The van der Waals surface area contributed by atoms with E-state index in [0.29, 0.717) is 32.6 Å². The predicted molar refractivity (Wildman–Crippen MR) is 84.5 cm³/mol. The first-order chi connectivity index (χ1) is 9.62. The van der Waals surface area contributed by atoms with Crippen molar-refractivity contribution in [2.75, 3.05) is 18.1 Å². The summed E-state index contributed by atoms with van der Waals surface area (Å²) in [6.07, 6.45) is 1.90. The second kappa shape index (κ2) is 7.02. The number of halogens is 2. The maximum absolute atomic E-state index is 6.07. The lowest BCUT2D eigenvalue weighted by molar-refractivity contribution is 0.456. The van der Waals surface area contributed by atoms with E-state index in [9.17, 15) is 0 Å². The number of anilines is 1. The zero-order valence-corrected chi connectivity index (χ0v) is 13.3. The van der Waals surface area contributed by atoms with Crippen molar-refractivity contribution in [2.24, 2.45) is 0 Å². The van der Waals surface area contributed by atoms with Crippen LogP contribution in [-0.4, -0.2) is 22.8 Å². The highest BCUT2D eigenvalue weighted by molar-refractivity contribution is 7.98. The molecule has 0 radical (unpaired) electrons. The first-order valence-electron chi connectivity index (χ1n) is 5.92. The average Bonchev–Trinajstić information content (AvgIpc) is 2.43. The number of ether oxygens (including phenoxy) is 1.